The molecule has 0 fully saturated rings. The molecule has 0 aliphatic heterocycles. The molecular formula is C16H29NO2S. The number of ether oxygens (including phenoxy) is 2. The number of nitrogens with one attached hydrogen (secondary N) is 1. The highest BCUT2D eigenvalue weighted by Crippen LogP contribution is 2.17. The second-order valence-electron chi connectivity index (χ2n) is 5.91. The van der Waals surface area contributed by atoms with E-state index in [4.69, 9.17) is 9.47 Å². The Bertz CT molecular complexity index is 350. The molecule has 1 aromatic heterocycles. The molecule has 0 atom stereocenters. The molecule has 3 nitrogen and oxygen atoms in total. The molecule has 0 saturated carbocycles. The molecule has 0 unspecified atom stereocenters. The SMILES string of the molecule is CC(C)CNCc1ccc(COCCOCC(C)C)s1. The van der Waals surface area contributed by atoms with Crippen LogP contribution in [-0.2, 0) is 22.6 Å². The lowest BCUT2D eigenvalue weighted by Crippen LogP contribution is -2.18. The lowest BCUT2D eigenvalue weighted by Gasteiger charge is -2.07. The van der Waals surface area contributed by atoms with Crippen molar-refractivity contribution < 1.29 is 9.47 Å². The van der Waals surface area contributed by atoms with E-state index in [0.29, 0.717) is 31.7 Å². The van der Waals surface area contributed by atoms with Crippen molar-refractivity contribution in [3.05, 3.63) is 21.9 Å². The fourth-order valence-corrected chi connectivity index (χ4v) is 2.61. The lowest BCUT2D eigenvalue weighted by atomic mass is 10.2. The maximum Gasteiger partial charge on any atom is 0.0810 e. The van der Waals surface area contributed by atoms with Crippen LogP contribution in [0.15, 0.2) is 12.1 Å². The highest BCUT2D eigenvalue weighted by Gasteiger charge is 2.01. The van der Waals surface area contributed by atoms with Gasteiger partial charge in [-0.25, -0.2) is 0 Å². The molecule has 1 heterocycles. The second-order valence-corrected chi connectivity index (χ2v) is 7.17. The largest absolute Gasteiger partial charge is 0.379 e. The van der Waals surface area contributed by atoms with Gasteiger partial charge in [-0.3, -0.25) is 0 Å². The summed E-state index contributed by atoms with van der Waals surface area (Å²) in [6.45, 7) is 13.6. The summed E-state index contributed by atoms with van der Waals surface area (Å²) in [5, 5.41) is 3.46. The zero-order chi connectivity index (χ0) is 14.8. The molecule has 0 radical (unpaired) electrons. The van der Waals surface area contributed by atoms with E-state index in [9.17, 15) is 0 Å². The zero-order valence-corrected chi connectivity index (χ0v) is 14.1. The Morgan fingerprint density at radius 3 is 2.40 bits per heavy atom. The topological polar surface area (TPSA) is 30.5 Å². The fourth-order valence-electron chi connectivity index (χ4n) is 1.69. The molecule has 1 aromatic rings. The van der Waals surface area contributed by atoms with Gasteiger partial charge in [-0.1, -0.05) is 27.7 Å². The maximum atomic E-state index is 5.62. The van der Waals surface area contributed by atoms with Crippen molar-refractivity contribution in [3.63, 3.8) is 0 Å². The van der Waals surface area contributed by atoms with Gasteiger partial charge in [-0.2, -0.15) is 0 Å². The Balaban J connectivity index is 2.08. The molecule has 0 aliphatic carbocycles. The van der Waals surface area contributed by atoms with Crippen LogP contribution in [0.2, 0.25) is 0 Å². The molecule has 20 heavy (non-hydrogen) atoms. The van der Waals surface area contributed by atoms with Gasteiger partial charge < -0.3 is 14.8 Å². The Labute approximate surface area is 127 Å². The number of hydrogen-bond acceptors (Lipinski definition) is 4. The van der Waals surface area contributed by atoms with Crippen LogP contribution in [0.4, 0.5) is 0 Å². The van der Waals surface area contributed by atoms with Crippen LogP contribution in [0.25, 0.3) is 0 Å². The van der Waals surface area contributed by atoms with Crippen molar-refractivity contribution in [1.29, 1.82) is 0 Å². The van der Waals surface area contributed by atoms with Crippen LogP contribution in [0.3, 0.4) is 0 Å². The highest BCUT2D eigenvalue weighted by molar-refractivity contribution is 7.11. The quantitative estimate of drug-likeness (QED) is 0.632. The van der Waals surface area contributed by atoms with Gasteiger partial charge in [0.25, 0.3) is 0 Å². The molecule has 4 heteroatoms. The van der Waals surface area contributed by atoms with Gasteiger partial charge in [-0.05, 0) is 30.5 Å². The summed E-state index contributed by atoms with van der Waals surface area (Å²) in [4.78, 5) is 2.66. The fraction of sp³-hybridized carbons (Fsp3) is 0.750. The average molecular weight is 299 g/mol. The zero-order valence-electron chi connectivity index (χ0n) is 13.3. The Morgan fingerprint density at radius 2 is 1.70 bits per heavy atom. The summed E-state index contributed by atoms with van der Waals surface area (Å²) in [5.41, 5.74) is 0. The van der Waals surface area contributed by atoms with Crippen LogP contribution in [0.1, 0.15) is 37.4 Å². The van der Waals surface area contributed by atoms with E-state index in [0.717, 1.165) is 19.7 Å². The molecule has 0 spiro atoms. The van der Waals surface area contributed by atoms with E-state index in [1.807, 2.05) is 11.3 Å². The van der Waals surface area contributed by atoms with Gasteiger partial charge >= 0.3 is 0 Å². The van der Waals surface area contributed by atoms with E-state index >= 15 is 0 Å². The lowest BCUT2D eigenvalue weighted by molar-refractivity contribution is 0.0322. The first kappa shape index (κ1) is 17.6. The van der Waals surface area contributed by atoms with E-state index in [2.05, 4.69) is 45.1 Å². The standard InChI is InChI=1S/C16H29NO2S/c1-13(2)9-17-10-15-5-6-16(20-15)12-19-8-7-18-11-14(3)4/h5-6,13-14,17H,7-12H2,1-4H3. The van der Waals surface area contributed by atoms with Gasteiger partial charge in [-0.15, -0.1) is 11.3 Å². The maximum absolute atomic E-state index is 5.62. The second kappa shape index (κ2) is 10.3. The monoisotopic (exact) mass is 299 g/mol. The summed E-state index contributed by atoms with van der Waals surface area (Å²) in [6, 6.07) is 4.35. The number of rotatable bonds is 11. The highest BCUT2D eigenvalue weighted by atomic mass is 32.1. The van der Waals surface area contributed by atoms with E-state index in [-0.39, 0.29) is 0 Å². The number of hydrogen-bond donors (Lipinski definition) is 1. The van der Waals surface area contributed by atoms with Crippen molar-refractivity contribution in [2.45, 2.75) is 40.8 Å². The molecule has 0 aromatic carbocycles. The Kier molecular flexibility index (Phi) is 9.10. The normalized spacial score (nSPS) is 11.7. The minimum Gasteiger partial charge on any atom is -0.379 e. The van der Waals surface area contributed by atoms with E-state index < -0.39 is 0 Å². The summed E-state index contributed by atoms with van der Waals surface area (Å²) in [6.07, 6.45) is 0. The molecule has 0 amide bonds. The van der Waals surface area contributed by atoms with Crippen LogP contribution in [0, 0.1) is 11.8 Å². The molecule has 1 rings (SSSR count). The van der Waals surface area contributed by atoms with Gasteiger partial charge in [0.15, 0.2) is 0 Å². The van der Waals surface area contributed by atoms with Gasteiger partial charge in [0.1, 0.15) is 0 Å². The molecule has 0 saturated heterocycles. The third-order valence-corrected chi connectivity index (χ3v) is 3.70. The Hall–Kier alpha value is -0.420. The summed E-state index contributed by atoms with van der Waals surface area (Å²) in [5.74, 6) is 1.29. The van der Waals surface area contributed by atoms with Crippen LogP contribution in [0.5, 0.6) is 0 Å². The smallest absolute Gasteiger partial charge is 0.0810 e. The van der Waals surface area contributed by atoms with Gasteiger partial charge in [0.2, 0.25) is 0 Å². The van der Waals surface area contributed by atoms with Crippen LogP contribution >= 0.6 is 11.3 Å². The van der Waals surface area contributed by atoms with Crippen LogP contribution in [-0.4, -0.2) is 26.4 Å². The molecule has 1 N–H and O–H groups in total. The van der Waals surface area contributed by atoms with Crippen LogP contribution < -0.4 is 5.32 Å². The first-order valence-corrected chi connectivity index (χ1v) is 8.33. The average Bonchev–Trinajstić information content (AvgIpc) is 2.81. The third-order valence-electron chi connectivity index (χ3n) is 2.64. The van der Waals surface area contributed by atoms with Crippen molar-refractivity contribution in [2.75, 3.05) is 26.4 Å². The molecule has 0 aliphatic rings. The van der Waals surface area contributed by atoms with Crippen molar-refractivity contribution in [2.24, 2.45) is 11.8 Å². The molecule has 116 valence electrons. The van der Waals surface area contributed by atoms with Crippen molar-refractivity contribution in [1.82, 2.24) is 5.32 Å². The molecular weight excluding hydrogens is 270 g/mol. The summed E-state index contributed by atoms with van der Waals surface area (Å²) >= 11 is 1.82. The van der Waals surface area contributed by atoms with E-state index in [1.165, 1.54) is 9.75 Å². The first-order chi connectivity index (χ1) is 9.58. The minimum atomic E-state index is 0.591. The van der Waals surface area contributed by atoms with E-state index in [1.54, 1.807) is 0 Å². The summed E-state index contributed by atoms with van der Waals surface area (Å²) < 4.78 is 11.1. The van der Waals surface area contributed by atoms with Gasteiger partial charge in [0.05, 0.1) is 19.8 Å². The predicted molar refractivity (Wildman–Crippen MR) is 86.2 cm³/mol. The van der Waals surface area contributed by atoms with Gasteiger partial charge in [0, 0.05) is 22.9 Å². The van der Waals surface area contributed by atoms with Crippen molar-refractivity contribution >= 4 is 11.3 Å². The Morgan fingerprint density at radius 1 is 1.00 bits per heavy atom. The summed E-state index contributed by atoms with van der Waals surface area (Å²) in [7, 11) is 0. The number of thiophene rings is 1. The molecule has 0 bridgehead atoms. The first-order valence-electron chi connectivity index (χ1n) is 7.51. The minimum absolute atomic E-state index is 0.591. The third kappa shape index (κ3) is 8.69. The van der Waals surface area contributed by atoms with Crippen molar-refractivity contribution in [3.8, 4) is 0 Å². The predicted octanol–water partition coefficient (Wildman–Crippen LogP) is 3.68.